The van der Waals surface area contributed by atoms with Gasteiger partial charge < -0.3 is 9.47 Å². The first-order valence-corrected chi connectivity index (χ1v) is 14.1. The number of hydrogen-bond acceptors (Lipinski definition) is 4. The van der Waals surface area contributed by atoms with E-state index in [4.69, 9.17) is 9.47 Å². The molecule has 2 unspecified atom stereocenters. The first-order chi connectivity index (χ1) is 19.3. The van der Waals surface area contributed by atoms with Gasteiger partial charge in [0, 0.05) is 0 Å². The van der Waals surface area contributed by atoms with E-state index in [1.54, 1.807) is 0 Å². The Morgan fingerprint density at radius 3 is 1.07 bits per heavy atom. The van der Waals surface area contributed by atoms with Crippen molar-refractivity contribution in [3.8, 4) is 0 Å². The number of carbonyl (C=O) groups is 2. The summed E-state index contributed by atoms with van der Waals surface area (Å²) in [5, 5.41) is 0. The lowest BCUT2D eigenvalue weighted by atomic mass is 9.61. The molecular weight excluding hydrogens is 496 g/mol. The first-order valence-electron chi connectivity index (χ1n) is 14.1. The predicted molar refractivity (Wildman–Crippen MR) is 156 cm³/mol. The van der Waals surface area contributed by atoms with Gasteiger partial charge in [0.1, 0.15) is 0 Å². The van der Waals surface area contributed by atoms with E-state index in [1.807, 2.05) is 72.8 Å². The maximum atomic E-state index is 13.5. The van der Waals surface area contributed by atoms with Crippen LogP contribution in [0.3, 0.4) is 0 Å². The van der Waals surface area contributed by atoms with Gasteiger partial charge in [-0.05, 0) is 69.5 Å². The minimum Gasteiger partial charge on any atom is -0.454 e. The summed E-state index contributed by atoms with van der Waals surface area (Å²) in [4.78, 5) is 27.1. The van der Waals surface area contributed by atoms with E-state index in [1.165, 1.54) is 0 Å². The van der Waals surface area contributed by atoms with Crippen LogP contribution in [0.15, 0.2) is 97.1 Å². The number of esters is 2. The maximum Gasteiger partial charge on any atom is 0.338 e. The van der Waals surface area contributed by atoms with Crippen LogP contribution < -0.4 is 0 Å². The van der Waals surface area contributed by atoms with Gasteiger partial charge in [-0.25, -0.2) is 9.59 Å². The van der Waals surface area contributed by atoms with Crippen molar-refractivity contribution < 1.29 is 19.1 Å². The molecule has 4 heteroatoms. The van der Waals surface area contributed by atoms with E-state index in [2.05, 4.69) is 52.0 Å². The molecule has 0 N–H and O–H groups in total. The second-order valence-electron chi connectivity index (χ2n) is 11.5. The normalized spacial score (nSPS) is 20.6. The highest BCUT2D eigenvalue weighted by molar-refractivity contribution is 5.91. The Morgan fingerprint density at radius 2 is 0.800 bits per heavy atom. The SMILES string of the molecule is CC(C)c1ccc(C(=O)OC2C3c4ccccc4C(c4ccccc43)C2OC(=O)c2ccc(C(C)C)cc2)cc1. The van der Waals surface area contributed by atoms with Crippen LogP contribution in [0, 0.1) is 0 Å². The number of benzene rings is 4. The van der Waals surface area contributed by atoms with Crippen molar-refractivity contribution >= 4 is 11.9 Å². The number of rotatable bonds is 6. The summed E-state index contributed by atoms with van der Waals surface area (Å²) in [6.45, 7) is 8.49. The summed E-state index contributed by atoms with van der Waals surface area (Å²) >= 11 is 0. The number of hydrogen-bond donors (Lipinski definition) is 0. The zero-order chi connectivity index (χ0) is 28.0. The van der Waals surface area contributed by atoms with Crippen LogP contribution >= 0.6 is 0 Å². The van der Waals surface area contributed by atoms with Crippen molar-refractivity contribution in [2.75, 3.05) is 0 Å². The van der Waals surface area contributed by atoms with Gasteiger partial charge in [0.05, 0.1) is 23.0 Å². The fraction of sp³-hybridized carbons (Fsp3) is 0.278. The summed E-state index contributed by atoms with van der Waals surface area (Å²) in [5.74, 6) is -0.568. The topological polar surface area (TPSA) is 52.6 Å². The van der Waals surface area contributed by atoms with Crippen molar-refractivity contribution in [3.05, 3.63) is 142 Å². The average Bonchev–Trinajstić information content (AvgIpc) is 2.98. The molecule has 2 atom stereocenters. The molecule has 0 saturated carbocycles. The molecule has 2 bridgehead atoms. The van der Waals surface area contributed by atoms with Gasteiger partial charge in [-0.1, -0.05) is 100 Å². The zero-order valence-corrected chi connectivity index (χ0v) is 23.3. The molecule has 4 aromatic carbocycles. The van der Waals surface area contributed by atoms with E-state index < -0.39 is 24.1 Å². The third kappa shape index (κ3) is 4.52. The Morgan fingerprint density at radius 1 is 0.500 bits per heavy atom. The van der Waals surface area contributed by atoms with Gasteiger partial charge in [-0.2, -0.15) is 0 Å². The van der Waals surface area contributed by atoms with Crippen LogP contribution in [0.5, 0.6) is 0 Å². The summed E-state index contributed by atoms with van der Waals surface area (Å²) < 4.78 is 12.6. The Kier molecular flexibility index (Phi) is 6.79. The number of ether oxygens (including phenoxy) is 2. The smallest absolute Gasteiger partial charge is 0.338 e. The largest absolute Gasteiger partial charge is 0.454 e. The summed E-state index contributed by atoms with van der Waals surface area (Å²) in [5.41, 5.74) is 7.77. The van der Waals surface area contributed by atoms with E-state index in [-0.39, 0.29) is 11.8 Å². The minimum atomic E-state index is -0.661. The van der Waals surface area contributed by atoms with Gasteiger partial charge in [0.2, 0.25) is 0 Å². The Balaban J connectivity index is 1.39. The lowest BCUT2D eigenvalue weighted by Crippen LogP contribution is -2.51. The van der Waals surface area contributed by atoms with Crippen LogP contribution in [0.2, 0.25) is 0 Å². The summed E-state index contributed by atoms with van der Waals surface area (Å²) in [6, 6.07) is 31.6. The molecule has 4 nitrogen and oxygen atoms in total. The molecule has 0 fully saturated rings. The summed E-state index contributed by atoms with van der Waals surface area (Å²) in [6.07, 6.45) is -1.32. The second kappa shape index (κ2) is 10.4. The third-order valence-electron chi connectivity index (χ3n) is 8.43. The summed E-state index contributed by atoms with van der Waals surface area (Å²) in [7, 11) is 0. The highest BCUT2D eigenvalue weighted by atomic mass is 16.6. The van der Waals surface area contributed by atoms with E-state index in [9.17, 15) is 9.59 Å². The molecule has 7 rings (SSSR count). The van der Waals surface area contributed by atoms with Crippen LogP contribution in [0.4, 0.5) is 0 Å². The Labute approximate surface area is 236 Å². The quantitative estimate of drug-likeness (QED) is 0.237. The van der Waals surface area contributed by atoms with Crippen LogP contribution in [-0.2, 0) is 9.47 Å². The lowest BCUT2D eigenvalue weighted by Gasteiger charge is -2.49. The van der Waals surface area contributed by atoms with Crippen LogP contribution in [0.1, 0.15) is 105 Å². The van der Waals surface area contributed by atoms with Gasteiger partial charge >= 0.3 is 11.9 Å². The molecule has 0 amide bonds. The van der Waals surface area contributed by atoms with Gasteiger partial charge in [0.15, 0.2) is 12.2 Å². The number of fused-ring (bicyclic) bond motifs is 1. The van der Waals surface area contributed by atoms with Gasteiger partial charge in [-0.3, -0.25) is 0 Å². The molecule has 4 aromatic rings. The molecule has 202 valence electrons. The fourth-order valence-electron chi connectivity index (χ4n) is 6.24. The lowest BCUT2D eigenvalue weighted by molar-refractivity contribution is -0.0557. The Bertz CT molecular complexity index is 1380. The molecule has 0 radical (unpaired) electrons. The predicted octanol–water partition coefficient (Wildman–Crippen LogP) is 7.98. The molecule has 40 heavy (non-hydrogen) atoms. The number of carbonyl (C=O) groups excluding carboxylic acids is 2. The molecule has 0 aliphatic heterocycles. The van der Waals surface area contributed by atoms with E-state index in [0.29, 0.717) is 23.0 Å². The monoisotopic (exact) mass is 530 g/mol. The van der Waals surface area contributed by atoms with E-state index in [0.717, 1.165) is 33.4 Å². The van der Waals surface area contributed by atoms with Crippen molar-refractivity contribution in [3.63, 3.8) is 0 Å². The van der Waals surface area contributed by atoms with Gasteiger partial charge in [-0.15, -0.1) is 0 Å². The zero-order valence-electron chi connectivity index (χ0n) is 23.3. The van der Waals surface area contributed by atoms with Crippen molar-refractivity contribution in [2.45, 2.75) is 63.6 Å². The highest BCUT2D eigenvalue weighted by Gasteiger charge is 2.53. The van der Waals surface area contributed by atoms with Crippen LogP contribution in [-0.4, -0.2) is 24.1 Å². The third-order valence-corrected chi connectivity index (χ3v) is 8.43. The second-order valence-corrected chi connectivity index (χ2v) is 11.5. The molecule has 3 aliphatic carbocycles. The highest BCUT2D eigenvalue weighted by Crippen LogP contribution is 2.54. The molecular formula is C36H34O4. The van der Waals surface area contributed by atoms with Crippen LogP contribution in [0.25, 0.3) is 0 Å². The molecule has 0 saturated heterocycles. The molecule has 0 aromatic heterocycles. The maximum absolute atomic E-state index is 13.5. The van der Waals surface area contributed by atoms with Gasteiger partial charge in [0.25, 0.3) is 0 Å². The van der Waals surface area contributed by atoms with E-state index >= 15 is 0 Å². The Hall–Kier alpha value is -4.18. The first kappa shape index (κ1) is 26.1. The average molecular weight is 531 g/mol. The fourth-order valence-corrected chi connectivity index (χ4v) is 6.24. The minimum absolute atomic E-state index is 0.239. The molecule has 0 spiro atoms. The van der Waals surface area contributed by atoms with Crippen molar-refractivity contribution in [1.82, 2.24) is 0 Å². The molecule has 0 heterocycles. The van der Waals surface area contributed by atoms with Crippen molar-refractivity contribution in [2.24, 2.45) is 0 Å². The van der Waals surface area contributed by atoms with Crippen molar-refractivity contribution in [1.29, 1.82) is 0 Å². The standard InChI is InChI=1S/C36H34O4/c1-21(2)23-13-17-25(18-14-23)35(37)39-33-31-27-9-5-7-11-29(27)32(30-12-8-6-10-28(30)31)34(33)40-36(38)26-19-15-24(16-20-26)22(3)4/h5-22,31-34H,1-4H3. The molecule has 3 aliphatic rings.